The molecule has 0 bridgehead atoms. The fourth-order valence-corrected chi connectivity index (χ4v) is 11.5. The third-order valence-corrected chi connectivity index (χ3v) is 15.8. The Bertz CT molecular complexity index is 2850. The topological polar surface area (TPSA) is 225 Å². The molecule has 382 valence electrons. The van der Waals surface area contributed by atoms with Gasteiger partial charge in [0.2, 0.25) is 29.6 Å². The van der Waals surface area contributed by atoms with E-state index in [4.69, 9.17) is 4.98 Å². The van der Waals surface area contributed by atoms with Crippen LogP contribution in [0, 0.1) is 19.3 Å². The number of hydrogen-bond acceptors (Lipinski definition) is 15. The van der Waals surface area contributed by atoms with Crippen molar-refractivity contribution < 1.29 is 29.1 Å². The van der Waals surface area contributed by atoms with Gasteiger partial charge in [0.1, 0.15) is 23.5 Å². The van der Waals surface area contributed by atoms with Gasteiger partial charge in [-0.25, -0.2) is 15.0 Å². The number of aliphatic hydroxyl groups excluding tert-OH is 1. The van der Waals surface area contributed by atoms with Gasteiger partial charge in [-0.1, -0.05) is 57.9 Å². The van der Waals surface area contributed by atoms with Crippen LogP contribution in [0.5, 0.6) is 0 Å². The summed E-state index contributed by atoms with van der Waals surface area (Å²) >= 11 is 3.08. The molecule has 3 fully saturated rings. The highest BCUT2D eigenvalue weighted by Gasteiger charge is 2.44. The van der Waals surface area contributed by atoms with Crippen LogP contribution in [0.2, 0.25) is 0 Å². The van der Waals surface area contributed by atoms with Crippen molar-refractivity contribution in [1.29, 1.82) is 0 Å². The lowest BCUT2D eigenvalue weighted by molar-refractivity contribution is -0.144. The molecule has 3 atom stereocenters. The first kappa shape index (κ1) is 52.1. The molecule has 4 N–H and O–H groups in total. The summed E-state index contributed by atoms with van der Waals surface area (Å²) in [7, 11) is 0. The smallest absolute Gasteiger partial charge is 0.263 e. The predicted molar refractivity (Wildman–Crippen MR) is 281 cm³/mol. The summed E-state index contributed by atoms with van der Waals surface area (Å²) < 4.78 is 1.69. The number of thioether (sulfide) groups is 1. The van der Waals surface area contributed by atoms with E-state index in [2.05, 4.69) is 35.8 Å². The van der Waals surface area contributed by atoms with Gasteiger partial charge in [-0.05, 0) is 67.9 Å². The lowest BCUT2D eigenvalue weighted by atomic mass is 9.85. The molecule has 0 spiro atoms. The van der Waals surface area contributed by atoms with Crippen LogP contribution in [0.15, 0.2) is 59.1 Å². The molecule has 1 aliphatic carbocycles. The van der Waals surface area contributed by atoms with Gasteiger partial charge in [-0.2, -0.15) is 16.7 Å². The van der Waals surface area contributed by atoms with Crippen LogP contribution in [-0.4, -0.2) is 131 Å². The average Bonchev–Trinajstić information content (AvgIpc) is 4.14. The molecule has 0 radical (unpaired) electrons. The molecule has 2 saturated heterocycles. The monoisotopic (exact) mass is 1020 g/mol. The Balaban J connectivity index is 0.761. The Morgan fingerprint density at radius 3 is 2.29 bits per heavy atom. The molecule has 72 heavy (non-hydrogen) atoms. The number of amides is 4. The Hall–Kier alpha value is -6.25. The highest BCUT2D eigenvalue weighted by atomic mass is 32.2. The number of carbonyl (C=O) groups is 5. The summed E-state index contributed by atoms with van der Waals surface area (Å²) in [5.74, 6) is 0.546. The van der Waals surface area contributed by atoms with Crippen molar-refractivity contribution in [2.75, 3.05) is 54.4 Å². The molecule has 5 aromatic rings. The van der Waals surface area contributed by atoms with E-state index in [-0.39, 0.29) is 66.6 Å². The van der Waals surface area contributed by atoms with Gasteiger partial charge in [0.25, 0.3) is 5.56 Å². The molecule has 0 unspecified atom stereocenters. The number of benzene rings is 1. The first-order valence-corrected chi connectivity index (χ1v) is 26.8. The van der Waals surface area contributed by atoms with Crippen LogP contribution < -0.4 is 26.4 Å². The maximum Gasteiger partial charge on any atom is 0.263 e. The van der Waals surface area contributed by atoms with Crippen LogP contribution in [0.1, 0.15) is 106 Å². The van der Waals surface area contributed by atoms with E-state index in [9.17, 15) is 33.9 Å². The van der Waals surface area contributed by atoms with E-state index in [0.29, 0.717) is 72.5 Å². The minimum absolute atomic E-state index is 0.00721. The van der Waals surface area contributed by atoms with Crippen molar-refractivity contribution >= 4 is 81.0 Å². The zero-order valence-corrected chi connectivity index (χ0v) is 43.5. The van der Waals surface area contributed by atoms with Gasteiger partial charge in [0.15, 0.2) is 5.78 Å². The molecule has 6 heterocycles. The van der Waals surface area contributed by atoms with Crippen LogP contribution in [0.25, 0.3) is 21.5 Å². The Morgan fingerprint density at radius 2 is 1.64 bits per heavy atom. The van der Waals surface area contributed by atoms with Gasteiger partial charge in [-0.15, -0.1) is 11.3 Å². The number of carbonyl (C=O) groups excluding carboxylic acids is 5. The summed E-state index contributed by atoms with van der Waals surface area (Å²) in [6.45, 7) is 13.4. The third kappa shape index (κ3) is 12.0. The van der Waals surface area contributed by atoms with Crippen molar-refractivity contribution in [1.82, 2.24) is 44.9 Å². The predicted octanol–water partition coefficient (Wildman–Crippen LogP) is 5.96. The maximum absolute atomic E-state index is 14.1. The van der Waals surface area contributed by atoms with Crippen molar-refractivity contribution in [3.05, 3.63) is 87.0 Å². The number of fused-ring (bicyclic) bond motifs is 1. The largest absolute Gasteiger partial charge is 0.391 e. The highest BCUT2D eigenvalue weighted by molar-refractivity contribution is 7.99. The summed E-state index contributed by atoms with van der Waals surface area (Å²) in [5, 5.41) is 20.3. The highest BCUT2D eigenvalue weighted by Crippen LogP contribution is 2.33. The molecule has 3 aliphatic rings. The zero-order valence-electron chi connectivity index (χ0n) is 41.9. The van der Waals surface area contributed by atoms with Crippen molar-refractivity contribution in [3.8, 4) is 10.4 Å². The second kappa shape index (κ2) is 22.7. The Labute approximate surface area is 427 Å². The van der Waals surface area contributed by atoms with Crippen LogP contribution in [0.3, 0.4) is 0 Å². The van der Waals surface area contributed by atoms with E-state index in [1.54, 1.807) is 35.2 Å². The second-order valence-electron chi connectivity index (χ2n) is 20.1. The molecule has 20 heteroatoms. The number of Topliss-reactive ketones (excluding diaryl/α,β-unsaturated/α-hetero) is 1. The Kier molecular flexibility index (Phi) is 16.4. The number of thiazole rings is 1. The number of pyridine rings is 2. The molecular weight excluding hydrogens is 955 g/mol. The molecule has 4 aromatic heterocycles. The number of anilines is 3. The summed E-state index contributed by atoms with van der Waals surface area (Å²) in [6, 6.07) is 9.86. The lowest BCUT2D eigenvalue weighted by Crippen LogP contribution is -2.57. The first-order chi connectivity index (χ1) is 34.5. The first-order valence-electron chi connectivity index (χ1n) is 24.8. The zero-order chi connectivity index (χ0) is 51.3. The van der Waals surface area contributed by atoms with E-state index >= 15 is 0 Å². The number of nitrogens with one attached hydrogen (secondary N) is 3. The number of rotatable bonds is 17. The number of aryl methyl sites for hydroxylation is 2. The lowest BCUT2D eigenvalue weighted by Gasteiger charge is -2.36. The number of likely N-dealkylation sites (tertiary alicyclic amines) is 1. The van der Waals surface area contributed by atoms with Crippen molar-refractivity contribution in [3.63, 3.8) is 0 Å². The van der Waals surface area contributed by atoms with E-state index < -0.39 is 29.5 Å². The number of hydrogen-bond donors (Lipinski definition) is 4. The SMILES string of the molecule is CC(=O)c1c(C)c2cnc(Nc3ccc(N4CCN(C(=O)CCSCCC(=O)N[C@H](C(=O)N5C[C@H](O)C[C@H]5C(=O)NCc5ccc(-c6scnc6C)cc5)C(C)(C)C)CC4)cn3)nc2n(C2CCCC2)c1=O. The minimum Gasteiger partial charge on any atom is -0.391 e. The van der Waals surface area contributed by atoms with Gasteiger partial charge in [-0.3, -0.25) is 33.3 Å². The quantitative estimate of drug-likeness (QED) is 0.0624. The summed E-state index contributed by atoms with van der Waals surface area (Å²) in [5.41, 5.74) is 5.94. The minimum atomic E-state index is -0.924. The third-order valence-electron chi connectivity index (χ3n) is 13.9. The number of aromatic nitrogens is 5. The fraction of sp³-hybridized carbons (Fsp3) is 0.500. The summed E-state index contributed by atoms with van der Waals surface area (Å²) in [6.07, 6.45) is 6.89. The normalized spacial score (nSPS) is 17.8. The Morgan fingerprint density at radius 1 is 0.917 bits per heavy atom. The molecule has 2 aliphatic heterocycles. The molecular formula is C52H65N11O7S2. The fourth-order valence-electron chi connectivity index (χ4n) is 9.88. The van der Waals surface area contributed by atoms with Crippen molar-refractivity contribution in [2.45, 2.75) is 117 Å². The van der Waals surface area contributed by atoms with Crippen LogP contribution >= 0.6 is 23.1 Å². The molecule has 1 saturated carbocycles. The number of nitrogens with zero attached hydrogens (tertiary/aromatic N) is 8. The van der Waals surface area contributed by atoms with E-state index in [1.165, 1.54) is 23.6 Å². The molecule has 8 rings (SSSR count). The molecule has 1 aromatic carbocycles. The van der Waals surface area contributed by atoms with Gasteiger partial charge < -0.3 is 35.8 Å². The van der Waals surface area contributed by atoms with Gasteiger partial charge >= 0.3 is 0 Å². The number of β-amino-alcohol motifs (C(OH)–C–C–N with tert-alkyl or cyclic N) is 1. The standard InChI is InChI=1S/C52H65N11O7S2/c1-31-39-28-55-51(59-47(39)63(36-9-7-8-10-36)49(69)44(31)33(3)64)57-41-16-15-37(27-53-41)60-19-21-61(22-20-60)43(67)18-24-71-23-17-42(66)58-46(52(4,5)6)50(70)62-29-38(65)25-40(62)48(68)54-26-34-11-13-35(14-12-34)45-32(2)56-30-72-45/h11-16,27-28,30,36,38,40,46,65H,7-10,17-26,29H2,1-6H3,(H,54,68)(H,58,66)(H,53,55,57,59)/t38-,40+,46-/m1/s1. The number of aliphatic hydroxyl groups is 1. The number of ketones is 1. The average molecular weight is 1020 g/mol. The maximum atomic E-state index is 14.1. The second-order valence-corrected chi connectivity index (χ2v) is 22.1. The summed E-state index contributed by atoms with van der Waals surface area (Å²) in [4.78, 5) is 105. The van der Waals surface area contributed by atoms with E-state index in [0.717, 1.165) is 53.1 Å². The van der Waals surface area contributed by atoms with Crippen molar-refractivity contribution in [2.24, 2.45) is 5.41 Å². The van der Waals surface area contributed by atoms with Gasteiger partial charge in [0, 0.05) is 87.7 Å². The van der Waals surface area contributed by atoms with Crippen LogP contribution in [0.4, 0.5) is 17.5 Å². The molecule has 18 nitrogen and oxygen atoms in total. The van der Waals surface area contributed by atoms with E-state index in [1.807, 2.05) is 74.5 Å². The molecule has 4 amide bonds. The number of piperazine rings is 1. The van der Waals surface area contributed by atoms with Gasteiger partial charge in [0.05, 0.1) is 39.6 Å². The van der Waals surface area contributed by atoms with Crippen LogP contribution in [-0.2, 0) is 25.7 Å².